The largest absolute Gasteiger partial charge is 0.370 e. The number of aromatic nitrogens is 2. The highest BCUT2D eigenvalue weighted by Gasteiger charge is 2.40. The normalized spacial score (nSPS) is 23.1. The summed E-state index contributed by atoms with van der Waals surface area (Å²) in [6, 6.07) is -6.52. The number of hydrogen-bond donors (Lipinski definition) is 29. The van der Waals surface area contributed by atoms with Crippen LogP contribution in [0.15, 0.2) is 60.9 Å². The molecule has 0 aliphatic carbocycles. The number of benzene rings is 2. The third-order valence-corrected chi connectivity index (χ3v) is 23.1. The van der Waals surface area contributed by atoms with Gasteiger partial charge in [0.05, 0.1) is 13.0 Å². The van der Waals surface area contributed by atoms with Gasteiger partial charge in [0.1, 0.15) is 78.5 Å². The molecule has 14 atom stereocenters. The molecule has 1 aliphatic rings. The summed E-state index contributed by atoms with van der Waals surface area (Å²) in [5, 5.41) is 68.6. The molecule has 0 saturated carbocycles. The number of amides is 17. The maximum atomic E-state index is 15.1. The van der Waals surface area contributed by atoms with Crippen LogP contribution in [0, 0.1) is 34.0 Å². The van der Waals surface area contributed by atoms with E-state index in [4.69, 9.17) is 56.4 Å². The van der Waals surface area contributed by atoms with Crippen molar-refractivity contribution in [2.45, 2.75) is 217 Å². The van der Waals surface area contributed by atoms with Crippen LogP contribution in [0.4, 0.5) is 0 Å². The summed E-state index contributed by atoms with van der Waals surface area (Å²) in [6.07, 6.45) is 0.342. The second-order valence-electron chi connectivity index (χ2n) is 31.6. The SMILES string of the molecule is CC[C@H](C)[C@H]1NC(=O)[C@H](Cc2c[nH]c3ccccc23)NC(=O)[C@H](CCCN)NC(=O)CNC(=O)[C@H](CC(N)=O)NC(=O)[C@H](C(C)C)NC(=O)[C@H](CCCNC(=N)N)NC(=O)[C@H](C(C)C)NC(=O)[C@H](Cc2c[nH]c3ccccc23)NC(=O)[C@H](CCCNC(=N)N)NC(=O)[C@@H](NC(C)=O)CSSC[C@@H](C(N)=O)NC(=O)[C@H](CCC(N)=O)NC(=O)[C@H](CCCNC(=N)N)NC1=O. The molecular weight excluding hydrogens is 1700 g/mol. The van der Waals surface area contributed by atoms with Gasteiger partial charge in [-0.1, -0.05) is 106 Å². The van der Waals surface area contributed by atoms with E-state index < -0.39 is 240 Å². The van der Waals surface area contributed by atoms with Crippen molar-refractivity contribution in [3.05, 3.63) is 72.1 Å². The molecule has 4 aromatic rings. The molecule has 0 unspecified atom stereocenters. The summed E-state index contributed by atoms with van der Waals surface area (Å²) in [6.45, 7) is 9.60. The number of H-pyrrole nitrogens is 2. The summed E-state index contributed by atoms with van der Waals surface area (Å²) in [5.74, 6) is -21.2. The average molecular weight is 1830 g/mol. The van der Waals surface area contributed by atoms with Gasteiger partial charge >= 0.3 is 0 Å². The Hall–Kier alpha value is -13.0. The molecule has 1 aliphatic heterocycles. The van der Waals surface area contributed by atoms with Gasteiger partial charge in [-0.2, -0.15) is 0 Å². The molecule has 3 heterocycles. The molecule has 2 aromatic heterocycles. The number of nitrogens with one attached hydrogen (secondary N) is 22. The Morgan fingerprint density at radius 3 is 1.23 bits per heavy atom. The van der Waals surface area contributed by atoms with E-state index in [1.54, 1.807) is 88.6 Å². The van der Waals surface area contributed by atoms with Gasteiger partial charge in [0.15, 0.2) is 17.9 Å². The molecule has 0 spiro atoms. The van der Waals surface area contributed by atoms with Crippen molar-refractivity contribution in [1.29, 1.82) is 16.2 Å². The van der Waals surface area contributed by atoms with Gasteiger partial charge in [-0.3, -0.25) is 97.7 Å². The van der Waals surface area contributed by atoms with Gasteiger partial charge < -0.3 is 140 Å². The van der Waals surface area contributed by atoms with Crippen molar-refractivity contribution >= 4 is 162 Å². The fraction of sp³-hybridized carbons (Fsp3) is 0.550. The van der Waals surface area contributed by atoms with Crippen LogP contribution in [-0.2, 0) is 94.3 Å². The van der Waals surface area contributed by atoms with Crippen molar-refractivity contribution in [2.24, 2.45) is 57.9 Å². The Morgan fingerprint density at radius 2 is 0.812 bits per heavy atom. The summed E-state index contributed by atoms with van der Waals surface area (Å²) in [7, 11) is 1.77. The first-order chi connectivity index (χ1) is 60.6. The van der Waals surface area contributed by atoms with Crippen LogP contribution in [0.5, 0.6) is 0 Å². The Kier molecular flexibility index (Phi) is 44.1. The maximum Gasteiger partial charge on any atom is 0.244 e. The maximum absolute atomic E-state index is 15.1. The molecule has 1 fully saturated rings. The van der Waals surface area contributed by atoms with E-state index in [1.165, 1.54) is 13.8 Å². The third kappa shape index (κ3) is 35.8. The zero-order valence-corrected chi connectivity index (χ0v) is 74.3. The van der Waals surface area contributed by atoms with E-state index in [1.807, 2.05) is 0 Å². The molecule has 704 valence electrons. The van der Waals surface area contributed by atoms with E-state index in [9.17, 15) is 67.1 Å². The van der Waals surface area contributed by atoms with Crippen LogP contribution in [0.1, 0.15) is 137 Å². The van der Waals surface area contributed by atoms with Crippen molar-refractivity contribution in [3.63, 3.8) is 0 Å². The van der Waals surface area contributed by atoms with Gasteiger partial charge in [0.25, 0.3) is 0 Å². The van der Waals surface area contributed by atoms with E-state index in [-0.39, 0.29) is 108 Å². The topological polar surface area (TPSA) is 780 Å². The lowest BCUT2D eigenvalue weighted by molar-refractivity contribution is -0.137. The molecule has 17 amide bonds. The van der Waals surface area contributed by atoms with Crippen LogP contribution in [0.2, 0.25) is 0 Å². The average Bonchev–Trinajstić information content (AvgIpc) is 1.40. The predicted molar refractivity (Wildman–Crippen MR) is 479 cm³/mol. The van der Waals surface area contributed by atoms with Crippen molar-refractivity contribution in [1.82, 2.24) is 100 Å². The van der Waals surface area contributed by atoms with Crippen LogP contribution < -0.4 is 131 Å². The molecule has 1 saturated heterocycles. The second-order valence-corrected chi connectivity index (χ2v) is 34.1. The predicted octanol–water partition coefficient (Wildman–Crippen LogP) is -6.22. The minimum atomic E-state index is -1.84. The number of carbonyl (C=O) groups is 17. The number of guanidine groups is 3. The lowest BCUT2D eigenvalue weighted by atomic mass is 9.96. The lowest BCUT2D eigenvalue weighted by Crippen LogP contribution is -2.62. The molecule has 2 aromatic carbocycles. The van der Waals surface area contributed by atoms with Crippen LogP contribution in [-0.4, -0.2) is 251 Å². The fourth-order valence-electron chi connectivity index (χ4n) is 13.5. The van der Waals surface area contributed by atoms with Crippen molar-refractivity contribution in [3.8, 4) is 0 Å². The highest BCUT2D eigenvalue weighted by molar-refractivity contribution is 8.76. The first kappa shape index (κ1) is 106. The number of fused-ring (bicyclic) bond motifs is 2. The number of rotatable bonds is 30. The quantitative estimate of drug-likeness (QED) is 0.00999. The number of carbonyl (C=O) groups excluding carboxylic acids is 17. The lowest BCUT2D eigenvalue weighted by Gasteiger charge is -2.30. The standard InChI is InChI=1S/C80H125N29O17S2/c1-8-41(6)64-77(126)102-51(23-15-29-92-79(87)88)68(117)100-53(25-26-59(82)111)70(119)106-57(65(84)114)37-127-128-38-58(97-42(7)110)74(123)99-50(22-14-28-91-78(85)86)69(118)104-54(31-43-34-94-47-19-11-9-17-45(43)47)72(121)108-62(39(2)3)75(124)101-52(24-16-30-93-80(89)90)71(120)107-63(40(4)5)76(125)105-56(33-60(83)112)66(115)96-36-61(113)98-49(21-13-27-81)67(116)103-55(73(122)109-64)32-44-35-95-48-20-12-10-18-46(44)48/h9-12,17-20,34-35,39-41,49-58,62-64,94-95H,8,13-16,21-33,36-38,81H2,1-7H3,(H2,82,111)(H2,83,112)(H2,84,114)(H,96,115)(H,97,110)(H,98,113)(H,99,123)(H,100,117)(H,101,124)(H,102,126)(H,103,116)(H,104,118)(H,105,125)(H,106,119)(H,107,120)(H,108,121)(H,109,122)(H4,85,86,91)(H4,87,88,92)(H4,89,90,93)/t41-,49-,50-,51-,52-,53-,54-,55-,56-,57-,58-,62-,63-,64+/m0/s1. The first-order valence-electron chi connectivity index (χ1n) is 41.9. The highest BCUT2D eigenvalue weighted by atomic mass is 33.1. The molecule has 5 rings (SSSR count). The third-order valence-electron chi connectivity index (χ3n) is 20.6. The van der Waals surface area contributed by atoms with Gasteiger partial charge in [0, 0.05) is 91.5 Å². The first-order valence-corrected chi connectivity index (χ1v) is 44.4. The van der Waals surface area contributed by atoms with E-state index >= 15 is 14.4 Å². The van der Waals surface area contributed by atoms with Gasteiger partial charge in [-0.05, 0) is 105 Å². The van der Waals surface area contributed by atoms with E-state index in [2.05, 4.69) is 100 Å². The number of nitrogens with two attached hydrogens (primary N) is 7. The molecule has 0 bridgehead atoms. The van der Waals surface area contributed by atoms with E-state index in [0.717, 1.165) is 28.5 Å². The fourth-order valence-corrected chi connectivity index (χ4v) is 15.8. The van der Waals surface area contributed by atoms with Gasteiger partial charge in [0.2, 0.25) is 100 Å². The smallest absolute Gasteiger partial charge is 0.244 e. The number of aromatic amines is 2. The minimum absolute atomic E-state index is 0.00929. The van der Waals surface area contributed by atoms with Crippen LogP contribution in [0.25, 0.3) is 21.8 Å². The number of primary amides is 3. The van der Waals surface area contributed by atoms with Crippen LogP contribution in [0.3, 0.4) is 0 Å². The Bertz CT molecular complexity index is 4580. The monoisotopic (exact) mass is 1830 g/mol. The highest BCUT2D eigenvalue weighted by Crippen LogP contribution is 2.26. The van der Waals surface area contributed by atoms with Gasteiger partial charge in [-0.25, -0.2) is 0 Å². The molecule has 128 heavy (non-hydrogen) atoms. The molecule has 46 nitrogen and oxygen atoms in total. The van der Waals surface area contributed by atoms with Crippen LogP contribution >= 0.6 is 21.6 Å². The molecular formula is C80H125N29O17S2. The van der Waals surface area contributed by atoms with Crippen molar-refractivity contribution < 1.29 is 81.5 Å². The number of hydrogen-bond acceptors (Lipinski definition) is 23. The zero-order valence-electron chi connectivity index (χ0n) is 72.7. The Balaban J connectivity index is 1.64. The molecule has 48 heteroatoms. The molecule has 0 radical (unpaired) electrons. The van der Waals surface area contributed by atoms with Crippen molar-refractivity contribution in [2.75, 3.05) is 44.2 Å². The zero-order chi connectivity index (χ0) is 95.0. The molecule has 36 N–H and O–H groups in total. The summed E-state index contributed by atoms with van der Waals surface area (Å²) in [5.41, 5.74) is 42.0. The summed E-state index contributed by atoms with van der Waals surface area (Å²) < 4.78 is 0. The second kappa shape index (κ2) is 53.5. The van der Waals surface area contributed by atoms with E-state index in [0.29, 0.717) is 32.9 Å². The minimum Gasteiger partial charge on any atom is -0.370 e. The summed E-state index contributed by atoms with van der Waals surface area (Å²) >= 11 is 0. The Labute approximate surface area is 747 Å². The van der Waals surface area contributed by atoms with Gasteiger partial charge in [-0.15, -0.1) is 0 Å². The summed E-state index contributed by atoms with van der Waals surface area (Å²) in [4.78, 5) is 249. The number of para-hydroxylation sites is 2. The Morgan fingerprint density at radius 1 is 0.438 bits per heavy atom.